The fourth-order valence-electron chi connectivity index (χ4n) is 2.61. The molecule has 20 heavy (non-hydrogen) atoms. The molecule has 1 saturated heterocycles. The summed E-state index contributed by atoms with van der Waals surface area (Å²) in [6.07, 6.45) is 0.0973. The minimum Gasteiger partial charge on any atom is -0.377 e. The monoisotopic (exact) mass is 277 g/mol. The molecule has 1 aromatic carbocycles. The Kier molecular flexibility index (Phi) is 4.91. The lowest BCUT2D eigenvalue weighted by Crippen LogP contribution is -2.29. The van der Waals surface area contributed by atoms with Crippen LogP contribution in [0.2, 0.25) is 0 Å². The van der Waals surface area contributed by atoms with Gasteiger partial charge >= 0.3 is 0 Å². The molecule has 2 atom stereocenters. The van der Waals surface area contributed by atoms with Crippen molar-refractivity contribution in [2.45, 2.75) is 26.1 Å². The summed E-state index contributed by atoms with van der Waals surface area (Å²) in [6.45, 7) is 5.99. The lowest BCUT2D eigenvalue weighted by molar-refractivity contribution is -0.00461. The summed E-state index contributed by atoms with van der Waals surface area (Å²) in [4.78, 5) is 14.4. The number of Topliss-reactive ketones (excluding diaryl/α,β-unsaturated/α-hetero) is 1. The van der Waals surface area contributed by atoms with Crippen LogP contribution in [-0.2, 0) is 9.47 Å². The zero-order valence-electron chi connectivity index (χ0n) is 12.7. The summed E-state index contributed by atoms with van der Waals surface area (Å²) < 4.78 is 10.8. The Hall–Kier alpha value is -1.23. The van der Waals surface area contributed by atoms with Crippen LogP contribution in [0.5, 0.6) is 0 Å². The van der Waals surface area contributed by atoms with Crippen molar-refractivity contribution < 1.29 is 14.3 Å². The van der Waals surface area contributed by atoms with E-state index in [0.717, 1.165) is 24.2 Å². The standard InChI is InChI=1S/C16H23NO3/c1-11-5-6-13(7-12(11)2)14(18)8-17-9-15(19-3)16(10-17)20-4/h5-7,15-16H,8-10H2,1-4H3. The Morgan fingerprint density at radius 3 is 2.25 bits per heavy atom. The van der Waals surface area contributed by atoms with Crippen molar-refractivity contribution in [3.63, 3.8) is 0 Å². The zero-order chi connectivity index (χ0) is 14.7. The molecule has 2 unspecified atom stereocenters. The van der Waals surface area contributed by atoms with E-state index in [2.05, 4.69) is 11.8 Å². The Balaban J connectivity index is 2.00. The van der Waals surface area contributed by atoms with Crippen LogP contribution in [0, 0.1) is 13.8 Å². The topological polar surface area (TPSA) is 38.8 Å². The number of hydrogen-bond donors (Lipinski definition) is 0. The van der Waals surface area contributed by atoms with Gasteiger partial charge in [0.1, 0.15) is 0 Å². The van der Waals surface area contributed by atoms with Gasteiger partial charge in [-0.15, -0.1) is 0 Å². The van der Waals surface area contributed by atoms with Crippen LogP contribution in [0.3, 0.4) is 0 Å². The van der Waals surface area contributed by atoms with Gasteiger partial charge in [0.15, 0.2) is 5.78 Å². The molecule has 110 valence electrons. The molecule has 0 aromatic heterocycles. The number of hydrogen-bond acceptors (Lipinski definition) is 4. The fraction of sp³-hybridized carbons (Fsp3) is 0.562. The van der Waals surface area contributed by atoms with E-state index in [1.54, 1.807) is 14.2 Å². The number of rotatable bonds is 5. The molecular formula is C16H23NO3. The van der Waals surface area contributed by atoms with Crippen LogP contribution in [0.4, 0.5) is 0 Å². The van der Waals surface area contributed by atoms with Crippen LogP contribution in [-0.4, -0.2) is 56.7 Å². The molecule has 1 fully saturated rings. The van der Waals surface area contributed by atoms with Crippen molar-refractivity contribution >= 4 is 5.78 Å². The Morgan fingerprint density at radius 2 is 1.75 bits per heavy atom. The van der Waals surface area contributed by atoms with Crippen LogP contribution in [0.1, 0.15) is 21.5 Å². The maximum Gasteiger partial charge on any atom is 0.176 e. The van der Waals surface area contributed by atoms with Crippen molar-refractivity contribution in [1.82, 2.24) is 4.90 Å². The second-order valence-corrected chi connectivity index (χ2v) is 5.46. The predicted molar refractivity (Wildman–Crippen MR) is 78.3 cm³/mol. The number of likely N-dealkylation sites (tertiary alicyclic amines) is 1. The van der Waals surface area contributed by atoms with Crippen molar-refractivity contribution in [3.8, 4) is 0 Å². The van der Waals surface area contributed by atoms with Gasteiger partial charge in [-0.2, -0.15) is 0 Å². The van der Waals surface area contributed by atoms with Gasteiger partial charge in [-0.1, -0.05) is 12.1 Å². The Bertz CT molecular complexity index is 475. The van der Waals surface area contributed by atoms with E-state index in [0.29, 0.717) is 6.54 Å². The van der Waals surface area contributed by atoms with E-state index in [1.807, 2.05) is 25.1 Å². The molecule has 4 heteroatoms. The molecule has 0 aliphatic carbocycles. The molecule has 0 saturated carbocycles. The van der Waals surface area contributed by atoms with Gasteiger partial charge in [-0.3, -0.25) is 9.69 Å². The van der Waals surface area contributed by atoms with E-state index in [9.17, 15) is 4.79 Å². The first-order chi connectivity index (χ1) is 9.55. The molecule has 0 amide bonds. The number of ether oxygens (including phenoxy) is 2. The maximum absolute atomic E-state index is 12.3. The first-order valence-electron chi connectivity index (χ1n) is 6.93. The number of carbonyl (C=O) groups excluding carboxylic acids is 1. The summed E-state index contributed by atoms with van der Waals surface area (Å²) in [5, 5.41) is 0. The van der Waals surface area contributed by atoms with Gasteiger partial charge in [0.2, 0.25) is 0 Å². The summed E-state index contributed by atoms with van der Waals surface area (Å²) in [5.74, 6) is 0.153. The quantitative estimate of drug-likeness (QED) is 0.770. The summed E-state index contributed by atoms with van der Waals surface area (Å²) >= 11 is 0. The van der Waals surface area contributed by atoms with Gasteiger partial charge in [0, 0.05) is 32.9 Å². The van der Waals surface area contributed by atoms with Crippen LogP contribution >= 0.6 is 0 Å². The van der Waals surface area contributed by atoms with E-state index in [-0.39, 0.29) is 18.0 Å². The molecule has 2 rings (SSSR count). The number of carbonyl (C=O) groups is 1. The van der Waals surface area contributed by atoms with Crippen LogP contribution in [0.15, 0.2) is 18.2 Å². The third-order valence-electron chi connectivity index (χ3n) is 4.09. The highest BCUT2D eigenvalue weighted by Gasteiger charge is 2.33. The molecule has 1 aromatic rings. The molecule has 0 N–H and O–H groups in total. The van der Waals surface area contributed by atoms with Gasteiger partial charge in [-0.05, 0) is 31.0 Å². The lowest BCUT2D eigenvalue weighted by atomic mass is 10.0. The zero-order valence-corrected chi connectivity index (χ0v) is 12.7. The smallest absolute Gasteiger partial charge is 0.176 e. The molecular weight excluding hydrogens is 254 g/mol. The van der Waals surface area contributed by atoms with Gasteiger partial charge < -0.3 is 9.47 Å². The van der Waals surface area contributed by atoms with E-state index in [1.165, 1.54) is 5.56 Å². The Labute approximate surface area is 120 Å². The maximum atomic E-state index is 12.3. The second kappa shape index (κ2) is 6.48. The average Bonchev–Trinajstić information content (AvgIpc) is 2.83. The highest BCUT2D eigenvalue weighted by atomic mass is 16.5. The number of benzene rings is 1. The van der Waals surface area contributed by atoms with Crippen molar-refractivity contribution in [2.75, 3.05) is 33.9 Å². The van der Waals surface area contributed by atoms with Crippen LogP contribution < -0.4 is 0 Å². The highest BCUT2D eigenvalue weighted by molar-refractivity contribution is 5.97. The summed E-state index contributed by atoms with van der Waals surface area (Å²) in [6, 6.07) is 5.88. The third-order valence-corrected chi connectivity index (χ3v) is 4.09. The highest BCUT2D eigenvalue weighted by Crippen LogP contribution is 2.17. The minimum absolute atomic E-state index is 0.0487. The number of ketones is 1. The summed E-state index contributed by atoms with van der Waals surface area (Å²) in [5.41, 5.74) is 3.14. The lowest BCUT2D eigenvalue weighted by Gasteiger charge is -2.14. The van der Waals surface area contributed by atoms with Crippen molar-refractivity contribution in [3.05, 3.63) is 34.9 Å². The summed E-state index contributed by atoms with van der Waals surface area (Å²) in [7, 11) is 3.37. The van der Waals surface area contributed by atoms with Gasteiger partial charge in [-0.25, -0.2) is 0 Å². The van der Waals surface area contributed by atoms with E-state index >= 15 is 0 Å². The van der Waals surface area contributed by atoms with E-state index in [4.69, 9.17) is 9.47 Å². The number of nitrogens with zero attached hydrogens (tertiary/aromatic N) is 1. The fourth-order valence-corrected chi connectivity index (χ4v) is 2.61. The molecule has 1 heterocycles. The van der Waals surface area contributed by atoms with Crippen molar-refractivity contribution in [1.29, 1.82) is 0 Å². The molecule has 1 aliphatic rings. The largest absolute Gasteiger partial charge is 0.377 e. The first-order valence-corrected chi connectivity index (χ1v) is 6.93. The molecule has 4 nitrogen and oxygen atoms in total. The third kappa shape index (κ3) is 3.26. The van der Waals surface area contributed by atoms with Crippen LogP contribution in [0.25, 0.3) is 0 Å². The first kappa shape index (κ1) is 15.2. The number of aryl methyl sites for hydroxylation is 2. The molecule has 0 spiro atoms. The van der Waals surface area contributed by atoms with Gasteiger partial charge in [0.25, 0.3) is 0 Å². The average molecular weight is 277 g/mol. The molecule has 0 bridgehead atoms. The predicted octanol–water partition coefficient (Wildman–Crippen LogP) is 1.83. The molecule has 1 aliphatic heterocycles. The Morgan fingerprint density at radius 1 is 1.15 bits per heavy atom. The minimum atomic E-state index is 0.0487. The van der Waals surface area contributed by atoms with Gasteiger partial charge in [0.05, 0.1) is 18.8 Å². The SMILES string of the molecule is COC1CN(CC(=O)c2ccc(C)c(C)c2)CC1OC. The van der Waals surface area contributed by atoms with Crippen molar-refractivity contribution in [2.24, 2.45) is 0 Å². The normalized spacial score (nSPS) is 23.2. The number of methoxy groups -OCH3 is 2. The second-order valence-electron chi connectivity index (χ2n) is 5.46. The molecule has 0 radical (unpaired) electrons. The van der Waals surface area contributed by atoms with E-state index < -0.39 is 0 Å².